The van der Waals surface area contributed by atoms with E-state index in [2.05, 4.69) is 14.1 Å². The number of hydrogen-bond donors (Lipinski definition) is 0. The Kier molecular flexibility index (Phi) is 5.09. The lowest BCUT2D eigenvalue weighted by Crippen LogP contribution is -3.00. The van der Waals surface area contributed by atoms with E-state index in [1.165, 1.54) is 0 Å². The molecule has 0 radical (unpaired) electrons. The number of hydroxylamine groups is 3. The molecule has 0 saturated carbocycles. The SMILES string of the molecule is CCO[N+](C)(C)CCC1CO1.[Cl-]. The summed E-state index contributed by atoms with van der Waals surface area (Å²) in [6, 6.07) is 0. The zero-order valence-corrected chi connectivity index (χ0v) is 8.80. The highest BCUT2D eigenvalue weighted by Gasteiger charge is 2.27. The first kappa shape index (κ1) is 12.2. The Bertz CT molecular complexity index is 126. The van der Waals surface area contributed by atoms with Gasteiger partial charge in [0, 0.05) is 6.42 Å². The molecule has 0 aromatic carbocycles. The Labute approximate surface area is 80.6 Å². The van der Waals surface area contributed by atoms with E-state index in [1.54, 1.807) is 0 Å². The summed E-state index contributed by atoms with van der Waals surface area (Å²) in [5.41, 5.74) is 0. The Morgan fingerprint density at radius 1 is 1.50 bits per heavy atom. The summed E-state index contributed by atoms with van der Waals surface area (Å²) >= 11 is 0. The maximum atomic E-state index is 5.49. The summed E-state index contributed by atoms with van der Waals surface area (Å²) in [6.07, 6.45) is 1.64. The van der Waals surface area contributed by atoms with E-state index in [1.807, 2.05) is 6.92 Å². The van der Waals surface area contributed by atoms with Crippen molar-refractivity contribution in [2.24, 2.45) is 0 Å². The Balaban J connectivity index is 0.00000121. The molecule has 12 heavy (non-hydrogen) atoms. The summed E-state index contributed by atoms with van der Waals surface area (Å²) in [5.74, 6) is 0. The van der Waals surface area contributed by atoms with Gasteiger partial charge in [-0.2, -0.15) is 4.65 Å². The maximum Gasteiger partial charge on any atom is 0.111 e. The van der Waals surface area contributed by atoms with Gasteiger partial charge >= 0.3 is 0 Å². The van der Waals surface area contributed by atoms with E-state index in [0.717, 1.165) is 26.2 Å². The van der Waals surface area contributed by atoms with Crippen molar-refractivity contribution in [1.82, 2.24) is 0 Å². The van der Waals surface area contributed by atoms with Crippen LogP contribution >= 0.6 is 0 Å². The summed E-state index contributed by atoms with van der Waals surface area (Å²) in [7, 11) is 4.15. The van der Waals surface area contributed by atoms with Gasteiger partial charge in [-0.1, -0.05) is 0 Å². The highest BCUT2D eigenvalue weighted by molar-refractivity contribution is 4.67. The molecule has 0 aliphatic carbocycles. The van der Waals surface area contributed by atoms with Crippen LogP contribution in [0.25, 0.3) is 0 Å². The molecular weight excluding hydrogens is 178 g/mol. The molecule has 1 aliphatic rings. The second kappa shape index (κ2) is 5.02. The fraction of sp³-hybridized carbons (Fsp3) is 1.00. The fourth-order valence-corrected chi connectivity index (χ4v) is 1.10. The molecule has 0 aromatic heterocycles. The van der Waals surface area contributed by atoms with Crippen molar-refractivity contribution >= 4 is 0 Å². The van der Waals surface area contributed by atoms with Gasteiger partial charge in [0.25, 0.3) is 0 Å². The van der Waals surface area contributed by atoms with Crippen molar-refractivity contribution in [1.29, 1.82) is 0 Å². The summed E-state index contributed by atoms with van der Waals surface area (Å²) < 4.78 is 5.77. The van der Waals surface area contributed by atoms with Gasteiger partial charge in [0.1, 0.15) is 13.2 Å². The monoisotopic (exact) mass is 195 g/mol. The second-order valence-corrected chi connectivity index (χ2v) is 3.46. The average molecular weight is 196 g/mol. The van der Waals surface area contributed by atoms with Crippen LogP contribution in [0.5, 0.6) is 0 Å². The fourth-order valence-electron chi connectivity index (χ4n) is 1.10. The highest BCUT2D eigenvalue weighted by Crippen LogP contribution is 2.15. The topological polar surface area (TPSA) is 21.8 Å². The number of epoxide rings is 1. The van der Waals surface area contributed by atoms with Crippen LogP contribution < -0.4 is 12.4 Å². The molecule has 4 heteroatoms. The smallest absolute Gasteiger partial charge is 0.111 e. The lowest BCUT2D eigenvalue weighted by Gasteiger charge is -2.25. The molecule has 1 saturated heterocycles. The van der Waals surface area contributed by atoms with Gasteiger partial charge in [0.05, 0.1) is 26.8 Å². The minimum Gasteiger partial charge on any atom is -1.00 e. The van der Waals surface area contributed by atoms with E-state index in [0.29, 0.717) is 10.8 Å². The molecule has 1 atom stereocenters. The third kappa shape index (κ3) is 4.93. The molecule has 1 unspecified atom stereocenters. The average Bonchev–Trinajstić information content (AvgIpc) is 2.65. The number of rotatable bonds is 5. The third-order valence-electron chi connectivity index (χ3n) is 1.87. The van der Waals surface area contributed by atoms with E-state index < -0.39 is 0 Å². The Morgan fingerprint density at radius 2 is 2.08 bits per heavy atom. The first-order valence-corrected chi connectivity index (χ1v) is 4.23. The summed E-state index contributed by atoms with van der Waals surface area (Å²) in [4.78, 5) is 5.49. The van der Waals surface area contributed by atoms with Crippen molar-refractivity contribution in [3.63, 3.8) is 0 Å². The van der Waals surface area contributed by atoms with Gasteiger partial charge in [-0.25, -0.2) is 4.84 Å². The predicted octanol–water partition coefficient (Wildman–Crippen LogP) is -2.19. The van der Waals surface area contributed by atoms with Crippen LogP contribution in [0.15, 0.2) is 0 Å². The van der Waals surface area contributed by atoms with Crippen LogP contribution in [0.1, 0.15) is 13.3 Å². The van der Waals surface area contributed by atoms with Crippen LogP contribution in [0.3, 0.4) is 0 Å². The predicted molar refractivity (Wildman–Crippen MR) is 43.0 cm³/mol. The van der Waals surface area contributed by atoms with E-state index in [-0.39, 0.29) is 12.4 Å². The number of halogens is 1. The molecule has 0 aromatic rings. The van der Waals surface area contributed by atoms with E-state index in [4.69, 9.17) is 9.57 Å². The number of hydrogen-bond acceptors (Lipinski definition) is 2. The molecule has 0 N–H and O–H groups in total. The summed E-state index contributed by atoms with van der Waals surface area (Å²) in [5, 5.41) is 0. The summed E-state index contributed by atoms with van der Waals surface area (Å²) in [6.45, 7) is 4.79. The van der Waals surface area contributed by atoms with Crippen molar-refractivity contribution in [3.05, 3.63) is 0 Å². The third-order valence-corrected chi connectivity index (χ3v) is 1.87. The largest absolute Gasteiger partial charge is 1.00 e. The van der Waals surface area contributed by atoms with Crippen molar-refractivity contribution in [3.8, 4) is 0 Å². The number of nitrogens with zero attached hydrogens (tertiary/aromatic N) is 1. The Hall–Kier alpha value is 0.170. The molecule has 3 nitrogen and oxygen atoms in total. The van der Waals surface area contributed by atoms with E-state index in [9.17, 15) is 0 Å². The minimum absolute atomic E-state index is 0. The van der Waals surface area contributed by atoms with Crippen LogP contribution in [-0.4, -0.2) is 44.6 Å². The molecule has 0 bridgehead atoms. The van der Waals surface area contributed by atoms with Crippen LogP contribution in [0.4, 0.5) is 0 Å². The zero-order valence-electron chi connectivity index (χ0n) is 8.05. The van der Waals surface area contributed by atoms with E-state index >= 15 is 0 Å². The molecule has 74 valence electrons. The molecule has 1 rings (SSSR count). The van der Waals surface area contributed by atoms with Gasteiger partial charge < -0.3 is 17.1 Å². The van der Waals surface area contributed by atoms with Gasteiger partial charge in [0.15, 0.2) is 0 Å². The standard InChI is InChI=1S/C8H18NO2.ClH/c1-4-11-9(2,3)6-5-8-7-10-8;/h8H,4-7H2,1-3H3;1H/q+1;/p-1. The first-order valence-electron chi connectivity index (χ1n) is 4.23. The van der Waals surface area contributed by atoms with Crippen LogP contribution in [0.2, 0.25) is 0 Å². The second-order valence-electron chi connectivity index (χ2n) is 3.46. The van der Waals surface area contributed by atoms with Crippen LogP contribution in [0, 0.1) is 0 Å². The molecule has 1 fully saturated rings. The van der Waals surface area contributed by atoms with Gasteiger partial charge in [0.2, 0.25) is 0 Å². The van der Waals surface area contributed by atoms with Crippen molar-refractivity contribution in [2.75, 3.05) is 33.9 Å². The quantitative estimate of drug-likeness (QED) is 0.283. The first-order chi connectivity index (χ1) is 5.14. The zero-order chi connectivity index (χ0) is 8.32. The molecular formula is C8H18ClNO2. The molecule has 0 amide bonds. The Morgan fingerprint density at radius 3 is 2.50 bits per heavy atom. The molecule has 1 aliphatic heterocycles. The normalized spacial score (nSPS) is 21.8. The van der Waals surface area contributed by atoms with Crippen molar-refractivity contribution in [2.45, 2.75) is 19.4 Å². The van der Waals surface area contributed by atoms with Gasteiger partial charge in [-0.3, -0.25) is 0 Å². The minimum atomic E-state index is 0. The number of quaternary nitrogens is 1. The lowest BCUT2D eigenvalue weighted by atomic mass is 10.3. The molecule has 1 heterocycles. The van der Waals surface area contributed by atoms with Crippen LogP contribution in [-0.2, 0) is 9.57 Å². The lowest BCUT2D eigenvalue weighted by molar-refractivity contribution is -1.08. The molecule has 0 spiro atoms. The van der Waals surface area contributed by atoms with Gasteiger partial charge in [-0.05, 0) is 6.92 Å². The van der Waals surface area contributed by atoms with Crippen molar-refractivity contribution < 1.29 is 26.6 Å². The maximum absolute atomic E-state index is 5.49. The highest BCUT2D eigenvalue weighted by atomic mass is 35.5. The van der Waals surface area contributed by atoms with Gasteiger partial charge in [-0.15, -0.1) is 0 Å². The number of ether oxygens (including phenoxy) is 1.